The second-order valence-corrected chi connectivity index (χ2v) is 2.13. The third kappa shape index (κ3) is 5.53. The minimum absolute atomic E-state index is 0.0295. The summed E-state index contributed by atoms with van der Waals surface area (Å²) in [4.78, 5) is 3.61. The predicted octanol–water partition coefficient (Wildman–Crippen LogP) is -0.192. The first-order chi connectivity index (χ1) is 5.06. The van der Waals surface area contributed by atoms with Gasteiger partial charge in [0, 0.05) is 6.42 Å². The number of nitrogens with two attached hydrogens (primary N) is 2. The maximum absolute atomic E-state index is 11.7. The van der Waals surface area contributed by atoms with Crippen LogP contribution in [0, 0.1) is 0 Å². The highest BCUT2D eigenvalue weighted by molar-refractivity contribution is 5.77. The molecular weight excluding hydrogens is 154 g/mol. The molecule has 4 nitrogen and oxygen atoms in total. The van der Waals surface area contributed by atoms with Gasteiger partial charge in [0.05, 0.1) is 6.04 Å². The number of aliphatic imine (C=N–C) groups is 1. The number of halogens is 2. The molecular formula is C5H12F2N4. The van der Waals surface area contributed by atoms with Gasteiger partial charge in [-0.3, -0.25) is 5.43 Å². The minimum Gasteiger partial charge on any atom is -0.369 e. The molecule has 0 bridgehead atoms. The molecule has 0 aliphatic rings. The van der Waals surface area contributed by atoms with Crippen LogP contribution in [-0.4, -0.2) is 18.4 Å². The van der Waals surface area contributed by atoms with E-state index in [9.17, 15) is 8.78 Å². The van der Waals surface area contributed by atoms with Gasteiger partial charge in [-0.2, -0.15) is 0 Å². The van der Waals surface area contributed by atoms with Crippen molar-refractivity contribution in [1.82, 2.24) is 5.43 Å². The van der Waals surface area contributed by atoms with Crippen molar-refractivity contribution in [2.24, 2.45) is 16.6 Å². The summed E-state index contributed by atoms with van der Waals surface area (Å²) in [6.45, 7) is 1.54. The molecule has 0 fully saturated rings. The SMILES string of the molecule is CC(CC(F)F)N=C(N)NN. The Balaban J connectivity index is 3.75. The number of hydrogen-bond donors (Lipinski definition) is 3. The van der Waals surface area contributed by atoms with Crippen molar-refractivity contribution in [2.75, 3.05) is 0 Å². The number of nitrogens with one attached hydrogen (secondary N) is 1. The zero-order valence-corrected chi connectivity index (χ0v) is 6.22. The highest BCUT2D eigenvalue weighted by Crippen LogP contribution is 2.05. The number of hydrazine groups is 1. The van der Waals surface area contributed by atoms with Gasteiger partial charge in [-0.15, -0.1) is 0 Å². The summed E-state index contributed by atoms with van der Waals surface area (Å²) in [6, 6.07) is -0.508. The zero-order valence-electron chi connectivity index (χ0n) is 6.22. The van der Waals surface area contributed by atoms with Crippen LogP contribution < -0.4 is 17.0 Å². The van der Waals surface area contributed by atoms with E-state index < -0.39 is 12.5 Å². The third-order valence-corrected chi connectivity index (χ3v) is 1.03. The maximum Gasteiger partial charge on any atom is 0.240 e. The molecule has 5 N–H and O–H groups in total. The number of alkyl halides is 2. The summed E-state index contributed by atoms with van der Waals surface area (Å²) in [5.74, 6) is 4.83. The summed E-state index contributed by atoms with van der Waals surface area (Å²) < 4.78 is 23.4. The Kier molecular flexibility index (Phi) is 4.44. The molecule has 0 aromatic heterocycles. The molecule has 1 atom stereocenters. The molecule has 0 radical (unpaired) electrons. The normalized spacial score (nSPS) is 15.2. The van der Waals surface area contributed by atoms with Crippen LogP contribution in [0.25, 0.3) is 0 Å². The lowest BCUT2D eigenvalue weighted by Gasteiger charge is -2.06. The quantitative estimate of drug-likeness (QED) is 0.235. The van der Waals surface area contributed by atoms with Crippen molar-refractivity contribution < 1.29 is 8.78 Å². The average Bonchev–Trinajstić information content (AvgIpc) is 1.85. The van der Waals surface area contributed by atoms with E-state index in [1.165, 1.54) is 6.92 Å². The molecule has 11 heavy (non-hydrogen) atoms. The van der Waals surface area contributed by atoms with E-state index in [2.05, 4.69) is 10.4 Å². The lowest BCUT2D eigenvalue weighted by Crippen LogP contribution is -2.38. The van der Waals surface area contributed by atoms with Crippen LogP contribution >= 0.6 is 0 Å². The molecule has 0 aromatic rings. The van der Waals surface area contributed by atoms with Gasteiger partial charge in [0.25, 0.3) is 0 Å². The summed E-state index contributed by atoms with van der Waals surface area (Å²) in [5, 5.41) is 0. The Labute approximate surface area is 63.6 Å². The largest absolute Gasteiger partial charge is 0.369 e. The summed E-state index contributed by atoms with van der Waals surface area (Å²) >= 11 is 0. The maximum atomic E-state index is 11.7. The highest BCUT2D eigenvalue weighted by atomic mass is 19.3. The fraction of sp³-hybridized carbons (Fsp3) is 0.800. The first-order valence-electron chi connectivity index (χ1n) is 3.14. The van der Waals surface area contributed by atoms with Crippen LogP contribution in [0.3, 0.4) is 0 Å². The average molecular weight is 166 g/mol. The number of hydrogen-bond acceptors (Lipinski definition) is 2. The lowest BCUT2D eigenvalue weighted by atomic mass is 10.2. The molecule has 0 aliphatic heterocycles. The van der Waals surface area contributed by atoms with Crippen LogP contribution in [0.5, 0.6) is 0 Å². The molecule has 1 unspecified atom stereocenters. The minimum atomic E-state index is -2.36. The summed E-state index contributed by atoms with van der Waals surface area (Å²) in [6.07, 6.45) is -2.66. The molecule has 0 aromatic carbocycles. The van der Waals surface area contributed by atoms with Crippen molar-refractivity contribution >= 4 is 5.96 Å². The molecule has 6 heteroatoms. The molecule has 0 heterocycles. The molecule has 0 aliphatic carbocycles. The standard InChI is InChI=1S/C5H12F2N4/c1-3(2-4(6)7)10-5(8)11-9/h3-4H,2,9H2,1H3,(H3,8,10,11). The lowest BCUT2D eigenvalue weighted by molar-refractivity contribution is 0.131. The van der Waals surface area contributed by atoms with Crippen LogP contribution in [-0.2, 0) is 0 Å². The van der Waals surface area contributed by atoms with Crippen LogP contribution in [0.15, 0.2) is 4.99 Å². The Morgan fingerprint density at radius 2 is 2.18 bits per heavy atom. The van der Waals surface area contributed by atoms with Gasteiger partial charge in [0.2, 0.25) is 12.4 Å². The Bertz CT molecular complexity index is 136. The summed E-state index contributed by atoms with van der Waals surface area (Å²) in [7, 11) is 0. The molecule has 0 rings (SSSR count). The number of guanidine groups is 1. The van der Waals surface area contributed by atoms with E-state index in [1.54, 1.807) is 0 Å². The van der Waals surface area contributed by atoms with E-state index >= 15 is 0 Å². The second-order valence-electron chi connectivity index (χ2n) is 2.13. The zero-order chi connectivity index (χ0) is 8.85. The van der Waals surface area contributed by atoms with Gasteiger partial charge >= 0.3 is 0 Å². The van der Waals surface area contributed by atoms with E-state index in [0.29, 0.717) is 0 Å². The Morgan fingerprint density at radius 1 is 1.64 bits per heavy atom. The smallest absolute Gasteiger partial charge is 0.240 e. The molecule has 0 amide bonds. The fourth-order valence-electron chi connectivity index (χ4n) is 0.585. The van der Waals surface area contributed by atoms with E-state index in [-0.39, 0.29) is 12.4 Å². The van der Waals surface area contributed by atoms with Crippen molar-refractivity contribution in [3.8, 4) is 0 Å². The van der Waals surface area contributed by atoms with Gasteiger partial charge < -0.3 is 5.73 Å². The first kappa shape index (κ1) is 10.1. The van der Waals surface area contributed by atoms with Crippen molar-refractivity contribution in [3.63, 3.8) is 0 Å². The van der Waals surface area contributed by atoms with Crippen LogP contribution in [0.2, 0.25) is 0 Å². The molecule has 0 saturated carbocycles. The van der Waals surface area contributed by atoms with E-state index in [1.807, 2.05) is 0 Å². The van der Waals surface area contributed by atoms with Crippen LogP contribution in [0.4, 0.5) is 8.78 Å². The Hall–Kier alpha value is -0.910. The van der Waals surface area contributed by atoms with Gasteiger partial charge in [-0.05, 0) is 6.92 Å². The van der Waals surface area contributed by atoms with Crippen molar-refractivity contribution in [3.05, 3.63) is 0 Å². The summed E-state index contributed by atoms with van der Waals surface area (Å²) in [5.41, 5.74) is 7.17. The fourth-order valence-corrected chi connectivity index (χ4v) is 0.585. The van der Waals surface area contributed by atoms with E-state index in [4.69, 9.17) is 11.6 Å². The first-order valence-corrected chi connectivity index (χ1v) is 3.14. The number of rotatable bonds is 3. The molecule has 66 valence electrons. The molecule has 0 saturated heterocycles. The van der Waals surface area contributed by atoms with Crippen molar-refractivity contribution in [2.45, 2.75) is 25.8 Å². The third-order valence-electron chi connectivity index (χ3n) is 1.03. The van der Waals surface area contributed by atoms with Crippen molar-refractivity contribution in [1.29, 1.82) is 0 Å². The van der Waals surface area contributed by atoms with Gasteiger partial charge in [0.15, 0.2) is 0 Å². The van der Waals surface area contributed by atoms with Gasteiger partial charge in [0.1, 0.15) is 0 Å². The van der Waals surface area contributed by atoms with Gasteiger partial charge in [-0.25, -0.2) is 19.6 Å². The molecule has 0 spiro atoms. The van der Waals surface area contributed by atoms with Crippen LogP contribution in [0.1, 0.15) is 13.3 Å². The monoisotopic (exact) mass is 166 g/mol. The topological polar surface area (TPSA) is 76.4 Å². The van der Waals surface area contributed by atoms with Gasteiger partial charge in [-0.1, -0.05) is 0 Å². The second kappa shape index (κ2) is 4.84. The number of nitrogens with zero attached hydrogens (tertiary/aromatic N) is 1. The van der Waals surface area contributed by atoms with E-state index in [0.717, 1.165) is 0 Å². The predicted molar refractivity (Wildman–Crippen MR) is 39.0 cm³/mol. The Morgan fingerprint density at radius 3 is 2.55 bits per heavy atom. The highest BCUT2D eigenvalue weighted by Gasteiger charge is 2.08.